The Bertz CT molecular complexity index is 507. The molecule has 3 N–H and O–H groups in total. The number of primary amides is 1. The van der Waals surface area contributed by atoms with E-state index >= 15 is 0 Å². The fourth-order valence-corrected chi connectivity index (χ4v) is 0.940. The van der Waals surface area contributed by atoms with E-state index < -0.39 is 29.4 Å². The molecule has 1 heterocycles. The molecule has 0 spiro atoms. The number of hydrazone groups is 1. The topological polar surface area (TPSA) is 152 Å². The predicted octanol–water partition coefficient (Wildman–Crippen LogP) is -0.0130. The van der Waals surface area contributed by atoms with Crippen LogP contribution in [0, 0.1) is 10.1 Å². The van der Waals surface area contributed by atoms with Gasteiger partial charge in [0.15, 0.2) is 5.76 Å². The van der Waals surface area contributed by atoms with E-state index in [1.165, 1.54) is 6.07 Å². The summed E-state index contributed by atoms with van der Waals surface area (Å²) in [7, 11) is 0. The monoisotopic (exact) mass is 256 g/mol. The van der Waals surface area contributed by atoms with Gasteiger partial charge in [0.25, 0.3) is 0 Å². The van der Waals surface area contributed by atoms with E-state index in [9.17, 15) is 19.7 Å². The number of aliphatic carboxylic acids is 1. The summed E-state index contributed by atoms with van der Waals surface area (Å²) in [6, 6.07) is 1.25. The Morgan fingerprint density at radius 3 is 2.72 bits per heavy atom. The Labute approximate surface area is 99.4 Å². The van der Waals surface area contributed by atoms with Gasteiger partial charge >= 0.3 is 17.9 Å². The number of rotatable bonds is 5. The molecule has 1 aromatic heterocycles. The van der Waals surface area contributed by atoms with Gasteiger partial charge in [0.1, 0.15) is 11.5 Å². The third-order valence-corrected chi connectivity index (χ3v) is 1.66. The van der Waals surface area contributed by atoms with Gasteiger partial charge < -0.3 is 15.3 Å². The van der Waals surface area contributed by atoms with Crippen LogP contribution in [-0.2, 0) is 4.79 Å². The first-order valence-electron chi connectivity index (χ1n) is 4.47. The largest absolute Gasteiger partial charge is 0.480 e. The molecule has 0 unspecified atom stereocenters. The second-order valence-corrected chi connectivity index (χ2v) is 2.97. The number of hydrogen-bond acceptors (Lipinski definition) is 6. The summed E-state index contributed by atoms with van der Waals surface area (Å²) >= 11 is 0. The van der Waals surface area contributed by atoms with Crippen LogP contribution in [0.15, 0.2) is 21.7 Å². The summed E-state index contributed by atoms with van der Waals surface area (Å²) in [5.41, 5.74) is 4.87. The number of hydrogen-bond donors (Lipinski definition) is 2. The summed E-state index contributed by atoms with van der Waals surface area (Å²) < 4.78 is 4.71. The van der Waals surface area contributed by atoms with Gasteiger partial charge in [-0.2, -0.15) is 5.10 Å². The lowest BCUT2D eigenvalue weighted by Crippen LogP contribution is -2.35. The van der Waals surface area contributed by atoms with E-state index in [0.29, 0.717) is 5.01 Å². The summed E-state index contributed by atoms with van der Waals surface area (Å²) in [6.45, 7) is -0.728. The fraction of sp³-hybridized carbons (Fsp3) is 0.125. The number of carboxylic acid groups (broad SMARTS) is 1. The lowest BCUT2D eigenvalue weighted by molar-refractivity contribution is -0.402. The van der Waals surface area contributed by atoms with Crippen LogP contribution in [0.4, 0.5) is 10.7 Å². The number of carboxylic acids is 1. The van der Waals surface area contributed by atoms with E-state index in [0.717, 1.165) is 12.3 Å². The summed E-state index contributed by atoms with van der Waals surface area (Å²) in [4.78, 5) is 30.7. The number of urea groups is 1. The molecule has 0 radical (unpaired) electrons. The number of carbonyl (C=O) groups excluding carboxylic acids is 1. The second-order valence-electron chi connectivity index (χ2n) is 2.97. The quantitative estimate of drug-likeness (QED) is 0.429. The van der Waals surface area contributed by atoms with Crippen LogP contribution in [0.1, 0.15) is 5.76 Å². The van der Waals surface area contributed by atoms with E-state index in [1.807, 2.05) is 0 Å². The highest BCUT2D eigenvalue weighted by molar-refractivity contribution is 5.82. The Hall–Kier alpha value is -2.91. The molecule has 96 valence electrons. The average molecular weight is 256 g/mol. The highest BCUT2D eigenvalue weighted by Gasteiger charge is 2.13. The number of nitrogens with zero attached hydrogens (tertiary/aromatic N) is 3. The van der Waals surface area contributed by atoms with Crippen LogP contribution < -0.4 is 5.73 Å². The molecule has 1 rings (SSSR count). The van der Waals surface area contributed by atoms with Gasteiger partial charge in [-0.3, -0.25) is 14.9 Å². The molecule has 0 saturated carbocycles. The van der Waals surface area contributed by atoms with Crippen molar-refractivity contribution in [3.8, 4) is 0 Å². The van der Waals surface area contributed by atoms with Crippen LogP contribution in [0.5, 0.6) is 0 Å². The minimum atomic E-state index is -1.31. The molecular weight excluding hydrogens is 248 g/mol. The number of nitro groups is 1. The minimum Gasteiger partial charge on any atom is -0.480 e. The predicted molar refractivity (Wildman–Crippen MR) is 56.9 cm³/mol. The van der Waals surface area contributed by atoms with E-state index in [-0.39, 0.29) is 5.76 Å². The standard InChI is InChI=1S/C8H8N4O6/c9-8(15)11(4-7(13)14)10-3-5-1-2-6(18-5)12(16)17/h1-3H,4H2,(H2,9,15)(H,13,14)/b10-3-. The molecule has 0 bridgehead atoms. The lowest BCUT2D eigenvalue weighted by Gasteiger charge is -2.09. The van der Waals surface area contributed by atoms with Crippen LogP contribution >= 0.6 is 0 Å². The number of carbonyl (C=O) groups is 2. The van der Waals surface area contributed by atoms with Gasteiger partial charge in [-0.15, -0.1) is 0 Å². The molecule has 0 saturated heterocycles. The van der Waals surface area contributed by atoms with Crippen molar-refractivity contribution in [1.29, 1.82) is 0 Å². The summed E-state index contributed by atoms with van der Waals surface area (Å²) in [5, 5.41) is 22.7. The molecule has 0 aliphatic carbocycles. The van der Waals surface area contributed by atoms with Crippen molar-refractivity contribution in [3.63, 3.8) is 0 Å². The van der Waals surface area contributed by atoms with Crippen LogP contribution in [-0.4, -0.2) is 39.8 Å². The highest BCUT2D eigenvalue weighted by Crippen LogP contribution is 2.13. The normalized spacial score (nSPS) is 10.4. The van der Waals surface area contributed by atoms with Crippen molar-refractivity contribution in [2.45, 2.75) is 0 Å². The first-order chi connectivity index (χ1) is 8.40. The Morgan fingerprint density at radius 2 is 2.28 bits per heavy atom. The zero-order valence-electron chi connectivity index (χ0n) is 8.85. The van der Waals surface area contributed by atoms with E-state index in [1.54, 1.807) is 0 Å². The average Bonchev–Trinajstić information content (AvgIpc) is 2.72. The fourth-order valence-electron chi connectivity index (χ4n) is 0.940. The smallest absolute Gasteiger partial charge is 0.433 e. The number of furan rings is 1. The van der Waals surface area contributed by atoms with Gasteiger partial charge in [0.2, 0.25) is 0 Å². The SMILES string of the molecule is NC(=O)N(CC(=O)O)/N=C\c1ccc([N+](=O)[O-])o1. The molecule has 0 fully saturated rings. The Morgan fingerprint density at radius 1 is 1.61 bits per heavy atom. The van der Waals surface area contributed by atoms with Crippen LogP contribution in [0.2, 0.25) is 0 Å². The first kappa shape index (κ1) is 13.2. The zero-order valence-corrected chi connectivity index (χ0v) is 8.85. The third kappa shape index (κ3) is 3.59. The number of nitrogens with two attached hydrogens (primary N) is 1. The maximum absolute atomic E-state index is 10.8. The molecule has 1 aromatic rings. The van der Waals surface area contributed by atoms with Gasteiger partial charge in [-0.1, -0.05) is 0 Å². The Kier molecular flexibility index (Phi) is 3.97. The minimum absolute atomic E-state index is 0.0154. The molecule has 10 nitrogen and oxygen atoms in total. The lowest BCUT2D eigenvalue weighted by atomic mass is 10.5. The molecule has 2 amide bonds. The van der Waals surface area contributed by atoms with Crippen molar-refractivity contribution in [2.24, 2.45) is 10.8 Å². The van der Waals surface area contributed by atoms with Gasteiger partial charge in [-0.25, -0.2) is 9.80 Å². The molecule has 18 heavy (non-hydrogen) atoms. The second kappa shape index (κ2) is 5.43. The first-order valence-corrected chi connectivity index (χ1v) is 4.47. The number of amides is 2. The van der Waals surface area contributed by atoms with Crippen molar-refractivity contribution in [1.82, 2.24) is 5.01 Å². The summed E-state index contributed by atoms with van der Waals surface area (Å²) in [6.07, 6.45) is 0.945. The Balaban J connectivity index is 2.78. The van der Waals surface area contributed by atoms with Gasteiger partial charge in [0.05, 0.1) is 12.3 Å². The van der Waals surface area contributed by atoms with Crippen LogP contribution in [0.25, 0.3) is 0 Å². The van der Waals surface area contributed by atoms with E-state index in [2.05, 4.69) is 5.10 Å². The van der Waals surface area contributed by atoms with Crippen molar-refractivity contribution in [2.75, 3.05) is 6.54 Å². The molecule has 0 aliphatic heterocycles. The van der Waals surface area contributed by atoms with E-state index in [4.69, 9.17) is 15.3 Å². The zero-order chi connectivity index (χ0) is 13.7. The maximum Gasteiger partial charge on any atom is 0.433 e. The van der Waals surface area contributed by atoms with Gasteiger partial charge in [0, 0.05) is 0 Å². The molecule has 10 heteroatoms. The highest BCUT2D eigenvalue weighted by atomic mass is 16.6. The van der Waals surface area contributed by atoms with Crippen molar-refractivity contribution >= 4 is 24.1 Å². The molecule has 0 aliphatic rings. The van der Waals surface area contributed by atoms with Crippen molar-refractivity contribution in [3.05, 3.63) is 28.0 Å². The molecule has 0 atom stereocenters. The van der Waals surface area contributed by atoms with Gasteiger partial charge in [-0.05, 0) is 6.07 Å². The van der Waals surface area contributed by atoms with Crippen LogP contribution in [0.3, 0.4) is 0 Å². The summed E-state index contributed by atoms with van der Waals surface area (Å²) in [5.74, 6) is -1.82. The molecule has 0 aromatic carbocycles. The maximum atomic E-state index is 10.8. The van der Waals surface area contributed by atoms with Crippen molar-refractivity contribution < 1.29 is 24.0 Å². The third-order valence-electron chi connectivity index (χ3n) is 1.66. The molecular formula is C8H8N4O6.